The van der Waals surface area contributed by atoms with E-state index in [1.54, 1.807) is 0 Å². The lowest BCUT2D eigenvalue weighted by atomic mass is 10.2. The second-order valence-electron chi connectivity index (χ2n) is 3.90. The maximum atomic E-state index is 11.9. The first-order chi connectivity index (χ1) is 10.0. The number of hydrogen-bond acceptors (Lipinski definition) is 5. The van der Waals surface area contributed by atoms with Crippen LogP contribution in [0.4, 0.5) is 5.69 Å². The van der Waals surface area contributed by atoms with Crippen LogP contribution in [0.5, 0.6) is 5.75 Å². The summed E-state index contributed by atoms with van der Waals surface area (Å²) >= 11 is 5.59. The van der Waals surface area contributed by atoms with Crippen molar-refractivity contribution in [3.05, 3.63) is 47.0 Å². The summed E-state index contributed by atoms with van der Waals surface area (Å²) in [4.78, 5) is 30.5. The molecule has 1 heterocycles. The number of amides is 1. The number of benzene rings is 1. The Kier molecular flexibility index (Phi) is 4.34. The molecular weight excluding hydrogens is 298 g/mol. The van der Waals surface area contributed by atoms with Crippen molar-refractivity contribution in [3.63, 3.8) is 0 Å². The number of carboxylic acids is 1. The fourth-order valence-electron chi connectivity index (χ4n) is 1.57. The maximum absolute atomic E-state index is 11.9. The van der Waals surface area contributed by atoms with Gasteiger partial charge in [0.2, 0.25) is 0 Å². The number of halogens is 1. The van der Waals surface area contributed by atoms with Crippen molar-refractivity contribution >= 4 is 29.2 Å². The number of aromatic nitrogens is 2. The molecule has 0 saturated heterocycles. The molecule has 1 amide bonds. The SMILES string of the molecule is COc1cc(NC(=O)c2cnc(Cl)cn2)ccc1C(=O)O. The topological polar surface area (TPSA) is 101 Å². The zero-order valence-electron chi connectivity index (χ0n) is 10.8. The van der Waals surface area contributed by atoms with Gasteiger partial charge in [0, 0.05) is 11.8 Å². The minimum atomic E-state index is -1.12. The van der Waals surface area contributed by atoms with Crippen molar-refractivity contribution in [2.75, 3.05) is 12.4 Å². The van der Waals surface area contributed by atoms with Crippen LogP contribution < -0.4 is 10.1 Å². The van der Waals surface area contributed by atoms with Crippen molar-refractivity contribution in [3.8, 4) is 5.75 Å². The minimum absolute atomic E-state index is 0.00165. The molecule has 2 aromatic rings. The Hall–Kier alpha value is -2.67. The molecule has 21 heavy (non-hydrogen) atoms. The highest BCUT2D eigenvalue weighted by atomic mass is 35.5. The van der Waals surface area contributed by atoms with Gasteiger partial charge >= 0.3 is 5.97 Å². The van der Waals surface area contributed by atoms with E-state index in [2.05, 4.69) is 15.3 Å². The molecule has 2 rings (SSSR count). The second-order valence-corrected chi connectivity index (χ2v) is 4.29. The fourth-order valence-corrected chi connectivity index (χ4v) is 1.67. The van der Waals surface area contributed by atoms with E-state index in [1.165, 1.54) is 37.7 Å². The van der Waals surface area contributed by atoms with E-state index >= 15 is 0 Å². The number of methoxy groups -OCH3 is 1. The Morgan fingerprint density at radius 1 is 1.29 bits per heavy atom. The molecular formula is C13H10ClN3O4. The van der Waals surface area contributed by atoms with Crippen LogP contribution in [0, 0.1) is 0 Å². The quantitative estimate of drug-likeness (QED) is 0.896. The Bertz CT molecular complexity index is 688. The molecule has 0 aliphatic heterocycles. The zero-order valence-corrected chi connectivity index (χ0v) is 11.6. The molecule has 0 bridgehead atoms. The molecule has 0 spiro atoms. The summed E-state index contributed by atoms with van der Waals surface area (Å²) < 4.78 is 4.97. The van der Waals surface area contributed by atoms with Gasteiger partial charge in [0.25, 0.3) is 5.91 Å². The van der Waals surface area contributed by atoms with E-state index in [1.807, 2.05) is 0 Å². The van der Waals surface area contributed by atoms with Gasteiger partial charge in [-0.25, -0.2) is 14.8 Å². The van der Waals surface area contributed by atoms with E-state index in [0.29, 0.717) is 5.69 Å². The van der Waals surface area contributed by atoms with Crippen LogP contribution >= 0.6 is 11.6 Å². The van der Waals surface area contributed by atoms with E-state index < -0.39 is 11.9 Å². The average Bonchev–Trinajstić information content (AvgIpc) is 2.47. The minimum Gasteiger partial charge on any atom is -0.496 e. The molecule has 0 aliphatic rings. The first kappa shape index (κ1) is 14.7. The predicted molar refractivity (Wildman–Crippen MR) is 74.9 cm³/mol. The Labute approximate surface area is 124 Å². The molecule has 0 atom stereocenters. The molecule has 108 valence electrons. The van der Waals surface area contributed by atoms with E-state index in [9.17, 15) is 9.59 Å². The van der Waals surface area contributed by atoms with Crippen LogP contribution in [-0.4, -0.2) is 34.1 Å². The summed E-state index contributed by atoms with van der Waals surface area (Å²) in [5.74, 6) is -1.47. The number of anilines is 1. The number of nitrogens with zero attached hydrogens (tertiary/aromatic N) is 2. The number of carboxylic acid groups (broad SMARTS) is 1. The van der Waals surface area contributed by atoms with Crippen molar-refractivity contribution in [2.45, 2.75) is 0 Å². The lowest BCUT2D eigenvalue weighted by molar-refractivity contribution is 0.0693. The van der Waals surface area contributed by atoms with Crippen LogP contribution in [0.3, 0.4) is 0 Å². The monoisotopic (exact) mass is 307 g/mol. The molecule has 8 heteroatoms. The normalized spacial score (nSPS) is 10.0. The van der Waals surface area contributed by atoms with Crippen LogP contribution in [0.2, 0.25) is 5.15 Å². The molecule has 0 saturated carbocycles. The Balaban J connectivity index is 2.21. The predicted octanol–water partition coefficient (Wildman–Crippen LogP) is 2.09. The van der Waals surface area contributed by atoms with Gasteiger partial charge in [-0.05, 0) is 12.1 Å². The Morgan fingerprint density at radius 2 is 2.05 bits per heavy atom. The third-order valence-electron chi connectivity index (χ3n) is 2.54. The highest BCUT2D eigenvalue weighted by Gasteiger charge is 2.13. The first-order valence-electron chi connectivity index (χ1n) is 5.71. The summed E-state index contributed by atoms with van der Waals surface area (Å²) in [6.45, 7) is 0. The average molecular weight is 308 g/mol. The number of aromatic carboxylic acids is 1. The first-order valence-corrected chi connectivity index (χ1v) is 6.09. The van der Waals surface area contributed by atoms with Gasteiger partial charge in [0.05, 0.1) is 19.5 Å². The van der Waals surface area contributed by atoms with Gasteiger partial charge < -0.3 is 15.2 Å². The number of carbonyl (C=O) groups is 2. The molecule has 0 unspecified atom stereocenters. The second kappa shape index (κ2) is 6.19. The highest BCUT2D eigenvalue weighted by Crippen LogP contribution is 2.23. The van der Waals surface area contributed by atoms with Crippen molar-refractivity contribution < 1.29 is 19.4 Å². The molecule has 1 aromatic heterocycles. The number of ether oxygens (including phenoxy) is 1. The highest BCUT2D eigenvalue weighted by molar-refractivity contribution is 6.29. The van der Waals surface area contributed by atoms with Gasteiger partial charge in [-0.15, -0.1) is 0 Å². The molecule has 1 aromatic carbocycles. The molecule has 0 radical (unpaired) electrons. The summed E-state index contributed by atoms with van der Waals surface area (Å²) in [7, 11) is 1.35. The zero-order chi connectivity index (χ0) is 15.4. The van der Waals surface area contributed by atoms with Crippen molar-refractivity contribution in [2.24, 2.45) is 0 Å². The lowest BCUT2D eigenvalue weighted by Gasteiger charge is -2.09. The summed E-state index contributed by atoms with van der Waals surface area (Å²) in [6, 6.07) is 4.20. The van der Waals surface area contributed by atoms with Gasteiger partial charge in [-0.2, -0.15) is 0 Å². The Morgan fingerprint density at radius 3 is 2.62 bits per heavy atom. The van der Waals surface area contributed by atoms with Crippen LogP contribution in [0.1, 0.15) is 20.8 Å². The smallest absolute Gasteiger partial charge is 0.339 e. The molecule has 2 N–H and O–H groups in total. The summed E-state index contributed by atoms with van der Waals surface area (Å²) in [5.41, 5.74) is 0.459. The fraction of sp³-hybridized carbons (Fsp3) is 0.0769. The van der Waals surface area contributed by atoms with Crippen LogP contribution in [0.25, 0.3) is 0 Å². The van der Waals surface area contributed by atoms with E-state index in [4.69, 9.17) is 21.4 Å². The van der Waals surface area contributed by atoms with Crippen LogP contribution in [0.15, 0.2) is 30.6 Å². The number of rotatable bonds is 4. The molecule has 7 nitrogen and oxygen atoms in total. The van der Waals surface area contributed by atoms with Gasteiger partial charge in [0.1, 0.15) is 22.2 Å². The van der Waals surface area contributed by atoms with Gasteiger partial charge in [-0.3, -0.25) is 4.79 Å². The number of nitrogens with one attached hydrogen (secondary N) is 1. The van der Waals surface area contributed by atoms with Crippen molar-refractivity contribution in [1.82, 2.24) is 9.97 Å². The lowest BCUT2D eigenvalue weighted by Crippen LogP contribution is -2.14. The molecule has 0 fully saturated rings. The van der Waals surface area contributed by atoms with E-state index in [-0.39, 0.29) is 22.2 Å². The summed E-state index contributed by atoms with van der Waals surface area (Å²) in [6.07, 6.45) is 2.49. The van der Waals surface area contributed by atoms with E-state index in [0.717, 1.165) is 0 Å². The van der Waals surface area contributed by atoms with Crippen molar-refractivity contribution in [1.29, 1.82) is 0 Å². The van der Waals surface area contributed by atoms with Gasteiger partial charge in [-0.1, -0.05) is 11.6 Å². The third kappa shape index (κ3) is 3.46. The van der Waals surface area contributed by atoms with Gasteiger partial charge in [0.15, 0.2) is 0 Å². The number of hydrogen-bond donors (Lipinski definition) is 2. The third-order valence-corrected chi connectivity index (χ3v) is 2.74. The summed E-state index contributed by atoms with van der Waals surface area (Å²) in [5, 5.41) is 11.7. The molecule has 0 aliphatic carbocycles. The standard InChI is InChI=1S/C13H10ClN3O4/c1-21-10-4-7(2-3-8(10)13(19)20)17-12(18)9-5-16-11(14)6-15-9/h2-6H,1H3,(H,17,18)(H,19,20). The largest absolute Gasteiger partial charge is 0.496 e. The number of carbonyl (C=O) groups excluding carboxylic acids is 1. The maximum Gasteiger partial charge on any atom is 0.339 e. The van der Waals surface area contributed by atoms with Crippen LogP contribution in [-0.2, 0) is 0 Å².